The largest absolute Gasteiger partial charge is 0.380 e. The summed E-state index contributed by atoms with van der Waals surface area (Å²) in [5, 5.41) is 3.15. The Morgan fingerprint density at radius 3 is 2.65 bits per heavy atom. The predicted molar refractivity (Wildman–Crippen MR) is 76.0 cm³/mol. The number of rotatable bonds is 5. The van der Waals surface area contributed by atoms with E-state index in [1.165, 1.54) is 12.1 Å². The highest BCUT2D eigenvalue weighted by Gasteiger charge is 2.19. The van der Waals surface area contributed by atoms with Crippen LogP contribution in [0.3, 0.4) is 0 Å². The fourth-order valence-corrected chi connectivity index (χ4v) is 2.40. The standard InChI is InChI=1S/C15H22F2N2O/c1-2-4-18-11-12-9-13(16)15(14(17)10-12)19-5-3-7-20-8-6-19/h9-10,18H,2-8,11H2,1H3. The first-order chi connectivity index (χ1) is 9.72. The van der Waals surface area contributed by atoms with Crippen molar-refractivity contribution in [1.82, 2.24) is 5.32 Å². The SMILES string of the molecule is CCCNCc1cc(F)c(N2CCCOCC2)c(F)c1. The van der Waals surface area contributed by atoms with Gasteiger partial charge in [0.05, 0.1) is 6.61 Å². The lowest BCUT2D eigenvalue weighted by Gasteiger charge is -2.23. The van der Waals surface area contributed by atoms with Crippen LogP contribution in [0, 0.1) is 11.6 Å². The van der Waals surface area contributed by atoms with Crippen LogP contribution in [-0.2, 0) is 11.3 Å². The van der Waals surface area contributed by atoms with Crippen LogP contribution >= 0.6 is 0 Å². The summed E-state index contributed by atoms with van der Waals surface area (Å²) >= 11 is 0. The highest BCUT2D eigenvalue weighted by molar-refractivity contribution is 5.50. The molecule has 1 fully saturated rings. The first-order valence-corrected chi connectivity index (χ1v) is 7.23. The summed E-state index contributed by atoms with van der Waals surface area (Å²) < 4.78 is 33.7. The smallest absolute Gasteiger partial charge is 0.149 e. The van der Waals surface area contributed by atoms with Gasteiger partial charge in [0.25, 0.3) is 0 Å². The first kappa shape index (κ1) is 15.2. The molecule has 3 nitrogen and oxygen atoms in total. The van der Waals surface area contributed by atoms with Gasteiger partial charge in [-0.1, -0.05) is 6.92 Å². The minimum atomic E-state index is -0.486. The second-order valence-corrected chi connectivity index (χ2v) is 5.04. The van der Waals surface area contributed by atoms with Gasteiger partial charge in [-0.05, 0) is 37.1 Å². The maximum absolute atomic E-state index is 14.2. The van der Waals surface area contributed by atoms with Crippen molar-refractivity contribution in [3.63, 3.8) is 0 Å². The van der Waals surface area contributed by atoms with E-state index in [4.69, 9.17) is 4.74 Å². The Balaban J connectivity index is 2.12. The molecule has 1 aromatic carbocycles. The van der Waals surface area contributed by atoms with Gasteiger partial charge in [0.1, 0.15) is 17.3 Å². The number of anilines is 1. The topological polar surface area (TPSA) is 24.5 Å². The molecule has 1 heterocycles. The van der Waals surface area contributed by atoms with E-state index in [2.05, 4.69) is 12.2 Å². The second-order valence-electron chi connectivity index (χ2n) is 5.04. The molecule has 0 amide bonds. The zero-order valence-electron chi connectivity index (χ0n) is 11.9. The first-order valence-electron chi connectivity index (χ1n) is 7.23. The monoisotopic (exact) mass is 284 g/mol. The molecule has 0 radical (unpaired) electrons. The van der Waals surface area contributed by atoms with Crippen molar-refractivity contribution in [3.8, 4) is 0 Å². The Morgan fingerprint density at radius 2 is 1.95 bits per heavy atom. The number of nitrogens with zero attached hydrogens (tertiary/aromatic N) is 1. The van der Waals surface area contributed by atoms with Crippen LogP contribution in [0.4, 0.5) is 14.5 Å². The van der Waals surface area contributed by atoms with Crippen LogP contribution in [-0.4, -0.2) is 32.8 Å². The summed E-state index contributed by atoms with van der Waals surface area (Å²) in [6.07, 6.45) is 1.79. The van der Waals surface area contributed by atoms with Crippen LogP contribution in [0.1, 0.15) is 25.3 Å². The van der Waals surface area contributed by atoms with E-state index in [0.29, 0.717) is 38.4 Å². The number of nitrogens with one attached hydrogen (secondary N) is 1. The van der Waals surface area contributed by atoms with E-state index in [0.717, 1.165) is 19.4 Å². The van der Waals surface area contributed by atoms with Crippen LogP contribution in [0.25, 0.3) is 0 Å². The maximum atomic E-state index is 14.2. The van der Waals surface area contributed by atoms with Gasteiger partial charge in [0, 0.05) is 26.2 Å². The fraction of sp³-hybridized carbons (Fsp3) is 0.600. The predicted octanol–water partition coefficient (Wildman–Crippen LogP) is 2.69. The van der Waals surface area contributed by atoms with Crippen LogP contribution in [0.2, 0.25) is 0 Å². The van der Waals surface area contributed by atoms with E-state index in [-0.39, 0.29) is 5.69 Å². The number of ether oxygens (including phenoxy) is 1. The molecule has 0 spiro atoms. The molecule has 0 bridgehead atoms. The maximum Gasteiger partial charge on any atom is 0.149 e. The molecule has 0 saturated carbocycles. The van der Waals surface area contributed by atoms with E-state index < -0.39 is 11.6 Å². The normalized spacial score (nSPS) is 16.2. The summed E-state index contributed by atoms with van der Waals surface area (Å²) in [6.45, 7) is 5.71. The molecule has 1 N–H and O–H groups in total. The molecular formula is C15H22F2N2O. The molecular weight excluding hydrogens is 262 g/mol. The number of hydrogen-bond donors (Lipinski definition) is 1. The van der Waals surface area contributed by atoms with Gasteiger partial charge in [-0.25, -0.2) is 8.78 Å². The van der Waals surface area contributed by atoms with Crippen molar-refractivity contribution in [2.45, 2.75) is 26.3 Å². The fourth-order valence-electron chi connectivity index (χ4n) is 2.40. The average molecular weight is 284 g/mol. The van der Waals surface area contributed by atoms with Crippen molar-refractivity contribution in [1.29, 1.82) is 0 Å². The van der Waals surface area contributed by atoms with Crippen LogP contribution < -0.4 is 10.2 Å². The zero-order chi connectivity index (χ0) is 14.4. The van der Waals surface area contributed by atoms with E-state index >= 15 is 0 Å². The lowest BCUT2D eigenvalue weighted by molar-refractivity contribution is 0.152. The quantitative estimate of drug-likeness (QED) is 0.841. The van der Waals surface area contributed by atoms with Gasteiger partial charge in [0.15, 0.2) is 0 Å². The molecule has 5 heteroatoms. The Hall–Kier alpha value is -1.20. The second kappa shape index (κ2) is 7.55. The third kappa shape index (κ3) is 3.90. The Bertz CT molecular complexity index is 409. The lowest BCUT2D eigenvalue weighted by atomic mass is 10.1. The minimum Gasteiger partial charge on any atom is -0.380 e. The van der Waals surface area contributed by atoms with Gasteiger partial charge in [-0.15, -0.1) is 0 Å². The van der Waals surface area contributed by atoms with Crippen LogP contribution in [0.15, 0.2) is 12.1 Å². The van der Waals surface area contributed by atoms with Gasteiger partial charge in [-0.2, -0.15) is 0 Å². The van der Waals surface area contributed by atoms with Crippen molar-refractivity contribution >= 4 is 5.69 Å². The zero-order valence-corrected chi connectivity index (χ0v) is 11.9. The van der Waals surface area contributed by atoms with Crippen molar-refractivity contribution in [3.05, 3.63) is 29.3 Å². The third-order valence-electron chi connectivity index (χ3n) is 3.37. The lowest BCUT2D eigenvalue weighted by Crippen LogP contribution is -2.28. The van der Waals surface area contributed by atoms with Crippen molar-refractivity contribution in [2.24, 2.45) is 0 Å². The van der Waals surface area contributed by atoms with Crippen molar-refractivity contribution in [2.75, 3.05) is 37.7 Å². The van der Waals surface area contributed by atoms with E-state index in [9.17, 15) is 8.78 Å². The molecule has 2 rings (SSSR count). The summed E-state index contributed by atoms with van der Waals surface area (Å²) in [5.41, 5.74) is 0.720. The number of hydrogen-bond acceptors (Lipinski definition) is 3. The molecule has 20 heavy (non-hydrogen) atoms. The summed E-state index contributed by atoms with van der Waals surface area (Å²) in [7, 11) is 0. The highest BCUT2D eigenvalue weighted by Crippen LogP contribution is 2.26. The Labute approximate surface area is 118 Å². The minimum absolute atomic E-state index is 0.0785. The molecule has 112 valence electrons. The Morgan fingerprint density at radius 1 is 1.20 bits per heavy atom. The molecule has 0 aliphatic carbocycles. The Kier molecular flexibility index (Phi) is 5.73. The highest BCUT2D eigenvalue weighted by atomic mass is 19.1. The number of halogens is 2. The molecule has 1 aromatic rings. The van der Waals surface area contributed by atoms with Crippen LogP contribution in [0.5, 0.6) is 0 Å². The van der Waals surface area contributed by atoms with Gasteiger partial charge < -0.3 is 15.0 Å². The molecule has 1 saturated heterocycles. The molecule has 0 aromatic heterocycles. The summed E-state index contributed by atoms with van der Waals surface area (Å²) in [4.78, 5) is 1.74. The van der Waals surface area contributed by atoms with Crippen molar-refractivity contribution < 1.29 is 13.5 Å². The third-order valence-corrected chi connectivity index (χ3v) is 3.37. The van der Waals surface area contributed by atoms with Gasteiger partial charge in [-0.3, -0.25) is 0 Å². The molecule has 0 unspecified atom stereocenters. The summed E-state index contributed by atoms with van der Waals surface area (Å²) in [6, 6.07) is 2.85. The van der Waals surface area contributed by atoms with E-state index in [1.807, 2.05) is 0 Å². The molecule has 1 aliphatic rings. The van der Waals surface area contributed by atoms with Gasteiger partial charge in [0.2, 0.25) is 0 Å². The summed E-state index contributed by atoms with van der Waals surface area (Å²) in [5.74, 6) is -0.972. The molecule has 1 aliphatic heterocycles. The van der Waals surface area contributed by atoms with Gasteiger partial charge >= 0.3 is 0 Å². The number of benzene rings is 1. The average Bonchev–Trinajstić information content (AvgIpc) is 2.67. The molecule has 0 atom stereocenters. The van der Waals surface area contributed by atoms with E-state index in [1.54, 1.807) is 4.90 Å².